The Hall–Kier alpha value is -3.88. The number of hydrogen-bond donors (Lipinski definition) is 2. The highest BCUT2D eigenvalue weighted by Gasteiger charge is 2.70. The Bertz CT molecular complexity index is 2140. The molecule has 3 aromatic carbocycles. The average Bonchev–Trinajstić information content (AvgIpc) is 3.81. The van der Waals surface area contributed by atoms with Crippen molar-refractivity contribution in [3.8, 4) is 5.75 Å². The van der Waals surface area contributed by atoms with Gasteiger partial charge in [-0.05, 0) is 72.7 Å². The van der Waals surface area contributed by atoms with E-state index in [4.69, 9.17) is 39.5 Å². The maximum atomic E-state index is 14.1. The first-order valence-corrected chi connectivity index (χ1v) is 18.0. The van der Waals surface area contributed by atoms with Gasteiger partial charge < -0.3 is 15.0 Å². The lowest BCUT2D eigenvalue weighted by atomic mass is 9.68. The number of thioether (sulfide) groups is 1. The monoisotopic (exact) mass is 756 g/mol. The van der Waals surface area contributed by atoms with Crippen molar-refractivity contribution in [2.75, 3.05) is 16.8 Å². The number of anilines is 2. The van der Waals surface area contributed by atoms with E-state index in [1.54, 1.807) is 30.3 Å². The fraction of sp³-hybridized carbons (Fsp3) is 0.273. The van der Waals surface area contributed by atoms with Crippen LogP contribution in [0.15, 0.2) is 70.5 Å². The maximum Gasteiger partial charge on any atom is 0.305 e. The SMILES string of the molecule is O=C(COc1ccc(Cl)cc1[C@H]1c2sc(=O)[nH]c2SC2C1[C@H]1C[C@@H]2C2C(=O)N(c3ccc([N+](=O)[O-])cc3)C(=O)C21)Nc1ccc(Cl)c(Cl)c1. The van der Waals surface area contributed by atoms with Crippen LogP contribution < -0.4 is 19.8 Å². The molecule has 0 radical (unpaired) electrons. The lowest BCUT2D eigenvalue weighted by Gasteiger charge is -2.43. The smallest absolute Gasteiger partial charge is 0.305 e. The van der Waals surface area contributed by atoms with Crippen molar-refractivity contribution in [3.05, 3.63) is 106 Å². The van der Waals surface area contributed by atoms with Gasteiger partial charge in [0, 0.05) is 44.5 Å². The van der Waals surface area contributed by atoms with Crippen LogP contribution in [-0.4, -0.2) is 39.5 Å². The van der Waals surface area contributed by atoms with Gasteiger partial charge >= 0.3 is 4.87 Å². The minimum atomic E-state index is -0.588. The summed E-state index contributed by atoms with van der Waals surface area (Å²) in [4.78, 5) is 69.0. The van der Waals surface area contributed by atoms with Crippen molar-refractivity contribution in [2.24, 2.45) is 29.6 Å². The zero-order valence-corrected chi connectivity index (χ0v) is 28.8. The Morgan fingerprint density at radius 2 is 1.71 bits per heavy atom. The number of imide groups is 1. The number of carbonyl (C=O) groups excluding carboxylic acids is 3. The number of ether oxygens (including phenoxy) is 1. The minimum Gasteiger partial charge on any atom is -0.483 e. The Balaban J connectivity index is 1.12. The normalized spacial score (nSPS) is 26.3. The number of non-ortho nitro benzene ring substituents is 1. The lowest BCUT2D eigenvalue weighted by Crippen LogP contribution is -2.42. The summed E-state index contributed by atoms with van der Waals surface area (Å²) in [5.74, 6) is -2.73. The van der Waals surface area contributed by atoms with E-state index in [0.29, 0.717) is 44.2 Å². The number of nitrogens with zero attached hydrogens (tertiary/aromatic N) is 2. The van der Waals surface area contributed by atoms with Crippen LogP contribution in [0.2, 0.25) is 15.1 Å². The predicted octanol–water partition coefficient (Wildman–Crippen LogP) is 7.00. The van der Waals surface area contributed by atoms with E-state index in [9.17, 15) is 29.3 Å². The molecule has 16 heteroatoms. The van der Waals surface area contributed by atoms with Gasteiger partial charge in [-0.2, -0.15) is 0 Å². The number of nitro benzene ring substituents is 1. The highest BCUT2D eigenvalue weighted by atomic mass is 35.5. The molecule has 11 nitrogen and oxygen atoms in total. The molecule has 0 spiro atoms. The van der Waals surface area contributed by atoms with Crippen LogP contribution in [0.3, 0.4) is 0 Å². The third-order valence-corrected chi connectivity index (χ3v) is 13.5. The van der Waals surface area contributed by atoms with Gasteiger partial charge in [-0.15, -0.1) is 11.8 Å². The number of aromatic nitrogens is 1. The fourth-order valence-electron chi connectivity index (χ4n) is 8.15. The van der Waals surface area contributed by atoms with Crippen LogP contribution in [0.4, 0.5) is 17.1 Å². The molecular formula is C33H23Cl3N4O7S2. The van der Waals surface area contributed by atoms with Gasteiger partial charge in [0.25, 0.3) is 11.6 Å². The van der Waals surface area contributed by atoms with Gasteiger partial charge in [0.2, 0.25) is 11.8 Å². The zero-order chi connectivity index (χ0) is 34.3. The number of rotatable bonds is 7. The molecule has 2 saturated carbocycles. The van der Waals surface area contributed by atoms with Crippen LogP contribution in [0, 0.1) is 39.7 Å². The second-order valence-electron chi connectivity index (χ2n) is 12.4. The fourth-order valence-corrected chi connectivity index (χ4v) is 11.5. The van der Waals surface area contributed by atoms with E-state index in [1.165, 1.54) is 47.0 Å². The number of fused-ring (bicyclic) bond motifs is 9. The summed E-state index contributed by atoms with van der Waals surface area (Å²) in [6.45, 7) is -0.339. The van der Waals surface area contributed by atoms with E-state index in [-0.39, 0.29) is 57.0 Å². The summed E-state index contributed by atoms with van der Waals surface area (Å²) in [7, 11) is 0. The van der Waals surface area contributed by atoms with Crippen molar-refractivity contribution in [1.29, 1.82) is 0 Å². The first-order chi connectivity index (χ1) is 23.5. The molecule has 2 aliphatic heterocycles. The van der Waals surface area contributed by atoms with Crippen molar-refractivity contribution in [2.45, 2.75) is 22.6 Å². The largest absolute Gasteiger partial charge is 0.483 e. The highest BCUT2D eigenvalue weighted by molar-refractivity contribution is 8.00. The molecule has 1 aromatic heterocycles. The summed E-state index contributed by atoms with van der Waals surface area (Å²) in [6.07, 6.45) is 0.654. The topological polar surface area (TPSA) is 152 Å². The molecule has 2 bridgehead atoms. The molecule has 7 atom stereocenters. The molecule has 4 aromatic rings. The molecule has 49 heavy (non-hydrogen) atoms. The molecule has 8 rings (SSSR count). The van der Waals surface area contributed by atoms with Crippen LogP contribution >= 0.6 is 57.9 Å². The third-order valence-electron chi connectivity index (χ3n) is 9.91. The standard InChI is InChI=1S/C33H23Cl3N4O7S2/c34-13-1-8-22(47-12-23(41)37-14-2-7-20(35)21(36)10-14)17(9-13)24-25-18-11-19(28(25)48-30-29(24)49-33(44)38-30)27-26(18)31(42)39(32(27)43)15-3-5-16(6-4-15)40(45)46/h1-10,18-19,24-28H,11-12H2,(H,37,41)(H,38,44)/t18-,19-,24-,25?,26?,27?,28?/m1/s1. The highest BCUT2D eigenvalue weighted by Crippen LogP contribution is 2.69. The Labute approximate surface area is 301 Å². The molecular weight excluding hydrogens is 735 g/mol. The Morgan fingerprint density at radius 1 is 0.980 bits per heavy atom. The van der Waals surface area contributed by atoms with E-state index in [2.05, 4.69) is 10.3 Å². The van der Waals surface area contributed by atoms with Gasteiger partial charge in [-0.25, -0.2) is 0 Å². The van der Waals surface area contributed by atoms with Gasteiger partial charge in [0.15, 0.2) is 6.61 Å². The second-order valence-corrected chi connectivity index (χ2v) is 15.8. The average molecular weight is 758 g/mol. The second kappa shape index (κ2) is 12.2. The van der Waals surface area contributed by atoms with Crippen molar-refractivity contribution >= 4 is 92.7 Å². The maximum absolute atomic E-state index is 14.1. The lowest BCUT2D eigenvalue weighted by molar-refractivity contribution is -0.384. The van der Waals surface area contributed by atoms with E-state index >= 15 is 0 Å². The molecule has 3 heterocycles. The van der Waals surface area contributed by atoms with E-state index in [1.807, 2.05) is 0 Å². The van der Waals surface area contributed by atoms with Crippen LogP contribution in [0.1, 0.15) is 22.8 Å². The number of nitro groups is 1. The summed E-state index contributed by atoms with van der Waals surface area (Å²) in [5, 5.41) is 15.6. The Morgan fingerprint density at radius 3 is 2.43 bits per heavy atom. The minimum absolute atomic E-state index is 0.104. The number of thiazole rings is 1. The summed E-state index contributed by atoms with van der Waals surface area (Å²) >= 11 is 21.3. The number of nitrogens with one attached hydrogen (secondary N) is 2. The molecule has 2 aliphatic carbocycles. The molecule has 4 aliphatic rings. The molecule has 4 unspecified atom stereocenters. The van der Waals surface area contributed by atoms with Crippen molar-refractivity contribution in [1.82, 2.24) is 4.98 Å². The van der Waals surface area contributed by atoms with Gasteiger partial charge in [-0.1, -0.05) is 46.1 Å². The van der Waals surface area contributed by atoms with Gasteiger partial charge in [0.05, 0.1) is 37.5 Å². The molecule has 3 fully saturated rings. The number of amides is 3. The van der Waals surface area contributed by atoms with E-state index < -0.39 is 28.6 Å². The number of aromatic amines is 1. The summed E-state index contributed by atoms with van der Waals surface area (Å²) in [5.41, 5.74) is 1.28. The molecule has 2 N–H and O–H groups in total. The predicted molar refractivity (Wildman–Crippen MR) is 186 cm³/mol. The number of H-pyrrole nitrogens is 1. The quantitative estimate of drug-likeness (QED) is 0.116. The summed E-state index contributed by atoms with van der Waals surface area (Å²) in [6, 6.07) is 15.3. The van der Waals surface area contributed by atoms with Crippen molar-refractivity contribution < 1.29 is 24.0 Å². The molecule has 250 valence electrons. The number of hydrogen-bond acceptors (Lipinski definition) is 9. The number of halogens is 3. The summed E-state index contributed by atoms with van der Waals surface area (Å²) < 4.78 is 6.11. The number of carbonyl (C=O) groups is 3. The zero-order valence-electron chi connectivity index (χ0n) is 24.9. The first-order valence-electron chi connectivity index (χ1n) is 15.2. The van der Waals surface area contributed by atoms with Gasteiger partial charge in [-0.3, -0.25) is 34.2 Å². The number of benzene rings is 3. The van der Waals surface area contributed by atoms with Crippen LogP contribution in [0.25, 0.3) is 0 Å². The molecule has 3 amide bonds. The first kappa shape index (κ1) is 32.3. The van der Waals surface area contributed by atoms with Crippen molar-refractivity contribution in [3.63, 3.8) is 0 Å². The Kier molecular flexibility index (Phi) is 8.03. The van der Waals surface area contributed by atoms with Crippen LogP contribution in [0.5, 0.6) is 5.75 Å². The molecule has 1 saturated heterocycles. The van der Waals surface area contributed by atoms with Gasteiger partial charge in [0.1, 0.15) is 5.75 Å². The van der Waals surface area contributed by atoms with E-state index in [0.717, 1.165) is 16.2 Å². The third kappa shape index (κ3) is 5.34. The van der Waals surface area contributed by atoms with Crippen LogP contribution in [-0.2, 0) is 14.4 Å².